The molecule has 21 heavy (non-hydrogen) atoms. The first-order valence-electron chi connectivity index (χ1n) is 7.08. The van der Waals surface area contributed by atoms with Gasteiger partial charge in [-0.15, -0.1) is 0 Å². The number of aliphatic hydroxyl groups excluding tert-OH is 1. The maximum atomic E-state index is 8.89. The smallest absolute Gasteiger partial charge is 0.119 e. The van der Waals surface area contributed by atoms with E-state index in [0.29, 0.717) is 13.0 Å². The lowest BCUT2D eigenvalue weighted by molar-refractivity contribution is 0.299. The Hall–Kier alpha value is -2.26. The summed E-state index contributed by atoms with van der Waals surface area (Å²) in [6, 6.07) is 16.2. The van der Waals surface area contributed by atoms with Crippen LogP contribution in [0.3, 0.4) is 0 Å². The van der Waals surface area contributed by atoms with Gasteiger partial charge in [0.2, 0.25) is 0 Å². The summed E-state index contributed by atoms with van der Waals surface area (Å²) in [7, 11) is 0. The minimum Gasteiger partial charge on any atom is -0.490 e. The van der Waals surface area contributed by atoms with Crippen molar-refractivity contribution in [3.05, 3.63) is 72.3 Å². The normalized spacial score (nSPS) is 10.1. The summed E-state index contributed by atoms with van der Waals surface area (Å²) in [5, 5.41) is 12.3. The minimum absolute atomic E-state index is 0.188. The van der Waals surface area contributed by atoms with E-state index in [0.717, 1.165) is 23.5 Å². The SMILES string of the molecule is C=CCOc1ccc(CNc2ccc(CCO)cc2)cc1. The van der Waals surface area contributed by atoms with Crippen LogP contribution in [0.15, 0.2) is 61.2 Å². The van der Waals surface area contributed by atoms with E-state index in [4.69, 9.17) is 9.84 Å². The highest BCUT2D eigenvalue weighted by Crippen LogP contribution is 2.15. The Balaban J connectivity index is 1.85. The van der Waals surface area contributed by atoms with Crippen molar-refractivity contribution in [2.24, 2.45) is 0 Å². The second-order valence-electron chi connectivity index (χ2n) is 4.77. The van der Waals surface area contributed by atoms with Crippen LogP contribution in [0, 0.1) is 0 Å². The summed E-state index contributed by atoms with van der Waals surface area (Å²) >= 11 is 0. The quantitative estimate of drug-likeness (QED) is 0.730. The van der Waals surface area contributed by atoms with Gasteiger partial charge in [0.1, 0.15) is 12.4 Å². The third-order valence-electron chi connectivity index (χ3n) is 3.14. The summed E-state index contributed by atoms with van der Waals surface area (Å²) < 4.78 is 5.45. The number of aliphatic hydroxyl groups is 1. The third kappa shape index (κ3) is 4.97. The van der Waals surface area contributed by atoms with Gasteiger partial charge in [0.05, 0.1) is 0 Å². The fourth-order valence-corrected chi connectivity index (χ4v) is 1.98. The van der Waals surface area contributed by atoms with E-state index in [-0.39, 0.29) is 6.61 Å². The standard InChI is InChI=1S/C18H21NO2/c1-2-13-21-18-9-5-16(6-10-18)14-19-17-7-3-15(4-8-17)11-12-20/h2-10,19-20H,1,11-14H2. The van der Waals surface area contributed by atoms with Crippen molar-refractivity contribution in [1.29, 1.82) is 0 Å². The number of nitrogens with one attached hydrogen (secondary N) is 1. The van der Waals surface area contributed by atoms with Gasteiger partial charge in [-0.2, -0.15) is 0 Å². The van der Waals surface area contributed by atoms with E-state index in [2.05, 4.69) is 11.9 Å². The molecule has 2 aromatic carbocycles. The van der Waals surface area contributed by atoms with Crippen molar-refractivity contribution in [3.8, 4) is 5.75 Å². The molecule has 0 saturated carbocycles. The molecule has 0 heterocycles. The van der Waals surface area contributed by atoms with Gasteiger partial charge < -0.3 is 15.2 Å². The summed E-state index contributed by atoms with van der Waals surface area (Å²) in [4.78, 5) is 0. The van der Waals surface area contributed by atoms with Crippen LogP contribution in [-0.2, 0) is 13.0 Å². The van der Waals surface area contributed by atoms with Crippen molar-refractivity contribution in [2.75, 3.05) is 18.5 Å². The fourth-order valence-electron chi connectivity index (χ4n) is 1.98. The zero-order valence-corrected chi connectivity index (χ0v) is 12.1. The predicted octanol–water partition coefficient (Wildman–Crippen LogP) is 3.40. The monoisotopic (exact) mass is 283 g/mol. The van der Waals surface area contributed by atoms with Gasteiger partial charge in [-0.3, -0.25) is 0 Å². The highest BCUT2D eigenvalue weighted by molar-refractivity contribution is 5.45. The number of hydrogen-bond acceptors (Lipinski definition) is 3. The van der Waals surface area contributed by atoms with Crippen LogP contribution in [0.1, 0.15) is 11.1 Å². The second-order valence-corrected chi connectivity index (χ2v) is 4.77. The van der Waals surface area contributed by atoms with E-state index in [1.54, 1.807) is 6.08 Å². The first-order valence-corrected chi connectivity index (χ1v) is 7.08. The van der Waals surface area contributed by atoms with Crippen molar-refractivity contribution < 1.29 is 9.84 Å². The number of rotatable bonds is 8. The molecule has 0 saturated heterocycles. The van der Waals surface area contributed by atoms with E-state index in [1.165, 1.54) is 5.56 Å². The molecule has 2 N–H and O–H groups in total. The molecule has 0 fully saturated rings. The fraction of sp³-hybridized carbons (Fsp3) is 0.222. The van der Waals surface area contributed by atoms with E-state index < -0.39 is 0 Å². The predicted molar refractivity (Wildman–Crippen MR) is 86.7 cm³/mol. The second kappa shape index (κ2) is 8.12. The Labute approximate surface area is 125 Å². The molecular formula is C18H21NO2. The van der Waals surface area contributed by atoms with Crippen molar-refractivity contribution in [1.82, 2.24) is 0 Å². The number of hydrogen-bond donors (Lipinski definition) is 2. The minimum atomic E-state index is 0.188. The maximum absolute atomic E-state index is 8.89. The molecule has 2 rings (SSSR count). The lowest BCUT2D eigenvalue weighted by atomic mass is 10.1. The Morgan fingerprint density at radius 3 is 2.29 bits per heavy atom. The first-order chi connectivity index (χ1) is 10.3. The zero-order valence-electron chi connectivity index (χ0n) is 12.1. The summed E-state index contributed by atoms with van der Waals surface area (Å²) in [5.41, 5.74) is 3.41. The molecule has 0 atom stereocenters. The van der Waals surface area contributed by atoms with Gasteiger partial charge in [-0.25, -0.2) is 0 Å². The first kappa shape index (κ1) is 15.1. The molecule has 0 aliphatic carbocycles. The molecule has 3 nitrogen and oxygen atoms in total. The molecule has 0 radical (unpaired) electrons. The van der Waals surface area contributed by atoms with Gasteiger partial charge in [0.15, 0.2) is 0 Å². The van der Waals surface area contributed by atoms with Gasteiger partial charge in [0.25, 0.3) is 0 Å². The molecule has 0 aromatic heterocycles. The van der Waals surface area contributed by atoms with Gasteiger partial charge in [-0.05, 0) is 41.8 Å². The molecule has 110 valence electrons. The molecule has 0 aliphatic heterocycles. The highest BCUT2D eigenvalue weighted by atomic mass is 16.5. The number of ether oxygens (including phenoxy) is 1. The highest BCUT2D eigenvalue weighted by Gasteiger charge is 1.97. The average Bonchev–Trinajstić information content (AvgIpc) is 2.53. The van der Waals surface area contributed by atoms with Crippen LogP contribution in [0.5, 0.6) is 5.75 Å². The van der Waals surface area contributed by atoms with Crippen LogP contribution in [0.4, 0.5) is 5.69 Å². The third-order valence-corrected chi connectivity index (χ3v) is 3.14. The summed E-state index contributed by atoms with van der Waals surface area (Å²) in [6.45, 7) is 5.10. The number of anilines is 1. The average molecular weight is 283 g/mol. The van der Waals surface area contributed by atoms with Crippen LogP contribution < -0.4 is 10.1 Å². The Morgan fingerprint density at radius 2 is 1.67 bits per heavy atom. The lowest BCUT2D eigenvalue weighted by Crippen LogP contribution is -2.00. The van der Waals surface area contributed by atoms with Crippen molar-refractivity contribution in [3.63, 3.8) is 0 Å². The number of benzene rings is 2. The topological polar surface area (TPSA) is 41.5 Å². The molecule has 0 bridgehead atoms. The van der Waals surface area contributed by atoms with Crippen LogP contribution in [-0.4, -0.2) is 18.3 Å². The van der Waals surface area contributed by atoms with Gasteiger partial charge >= 0.3 is 0 Å². The van der Waals surface area contributed by atoms with Crippen LogP contribution >= 0.6 is 0 Å². The zero-order chi connectivity index (χ0) is 14.9. The van der Waals surface area contributed by atoms with Gasteiger partial charge in [-0.1, -0.05) is 36.9 Å². The lowest BCUT2D eigenvalue weighted by Gasteiger charge is -2.08. The van der Waals surface area contributed by atoms with E-state index >= 15 is 0 Å². The van der Waals surface area contributed by atoms with Crippen LogP contribution in [0.2, 0.25) is 0 Å². The Kier molecular flexibility index (Phi) is 5.85. The summed E-state index contributed by atoms with van der Waals surface area (Å²) in [5.74, 6) is 0.854. The molecule has 0 spiro atoms. The van der Waals surface area contributed by atoms with Crippen molar-refractivity contribution >= 4 is 5.69 Å². The summed E-state index contributed by atoms with van der Waals surface area (Å²) in [6.07, 6.45) is 2.43. The molecule has 0 unspecified atom stereocenters. The molecule has 3 heteroatoms. The van der Waals surface area contributed by atoms with Gasteiger partial charge in [0, 0.05) is 18.8 Å². The van der Waals surface area contributed by atoms with Crippen LogP contribution in [0.25, 0.3) is 0 Å². The molecule has 0 amide bonds. The Morgan fingerprint density at radius 1 is 1.00 bits per heavy atom. The van der Waals surface area contributed by atoms with E-state index in [9.17, 15) is 0 Å². The molecular weight excluding hydrogens is 262 g/mol. The Bertz CT molecular complexity index is 546. The molecule has 0 aliphatic rings. The van der Waals surface area contributed by atoms with E-state index in [1.807, 2.05) is 48.5 Å². The largest absolute Gasteiger partial charge is 0.490 e. The van der Waals surface area contributed by atoms with Crippen molar-refractivity contribution in [2.45, 2.75) is 13.0 Å². The molecule has 2 aromatic rings. The maximum Gasteiger partial charge on any atom is 0.119 e.